The number of methoxy groups -OCH3 is 1. The molecule has 6 unspecified atom stereocenters. The minimum absolute atomic E-state index is 0.00941. The van der Waals surface area contributed by atoms with E-state index >= 15 is 0 Å². The molecule has 3 saturated carbocycles. The predicted octanol–water partition coefficient (Wildman–Crippen LogP) is 10.7. The molecule has 2 aromatic carbocycles. The van der Waals surface area contributed by atoms with E-state index in [0.29, 0.717) is 30.9 Å². The Kier molecular flexibility index (Phi) is 12.2. The van der Waals surface area contributed by atoms with Gasteiger partial charge in [0.15, 0.2) is 0 Å². The van der Waals surface area contributed by atoms with Gasteiger partial charge in [0.1, 0.15) is 41.1 Å². The van der Waals surface area contributed by atoms with Crippen LogP contribution in [-0.2, 0) is 23.9 Å². The summed E-state index contributed by atoms with van der Waals surface area (Å²) >= 11 is 0. The Morgan fingerprint density at radius 3 is 2.25 bits per heavy atom. The zero-order valence-corrected chi connectivity index (χ0v) is 34.8. The van der Waals surface area contributed by atoms with Gasteiger partial charge in [0.2, 0.25) is 0 Å². The molecule has 0 N–H and O–H groups in total. The number of ketones is 3. The van der Waals surface area contributed by atoms with Crippen molar-refractivity contribution in [3.8, 4) is 11.5 Å². The molecule has 0 saturated heterocycles. The third-order valence-corrected chi connectivity index (χ3v) is 13.2. The zero-order valence-electron chi connectivity index (χ0n) is 34.8. The number of hydrogen-bond donors (Lipinski definition) is 0. The topological polar surface area (TPSA) is 96.0 Å². The Morgan fingerprint density at radius 2 is 1.64 bits per heavy atom. The fraction of sp³-hybridized carbons (Fsp3) is 0.625. The van der Waals surface area contributed by atoms with Gasteiger partial charge in [-0.05, 0) is 135 Å². The summed E-state index contributed by atoms with van der Waals surface area (Å²) in [5.41, 5.74) is 2.44. The highest BCUT2D eigenvalue weighted by atomic mass is 16.5. The van der Waals surface area contributed by atoms with Crippen LogP contribution in [0.2, 0.25) is 0 Å². The van der Waals surface area contributed by atoms with Gasteiger partial charge in [0.25, 0.3) is 0 Å². The third-order valence-electron chi connectivity index (χ3n) is 13.2. The van der Waals surface area contributed by atoms with Crippen LogP contribution in [0.4, 0.5) is 0 Å². The van der Waals surface area contributed by atoms with Crippen molar-refractivity contribution in [1.29, 1.82) is 0 Å². The number of Topliss-reactive ketones (excluding diaryl/α,β-unsaturated/α-hetero) is 3. The zero-order chi connectivity index (χ0) is 39.8. The summed E-state index contributed by atoms with van der Waals surface area (Å²) < 4.78 is 18.4. The quantitative estimate of drug-likeness (QED) is 0.158. The molecule has 0 aromatic heterocycles. The number of allylic oxidation sites excluding steroid dienone is 4. The minimum atomic E-state index is -0.660. The molecule has 6 rings (SSSR count). The third kappa shape index (κ3) is 9.13. The fourth-order valence-corrected chi connectivity index (χ4v) is 9.97. The molecule has 7 nitrogen and oxygen atoms in total. The maximum atomic E-state index is 14.9. The van der Waals surface area contributed by atoms with E-state index in [2.05, 4.69) is 52.0 Å². The summed E-state index contributed by atoms with van der Waals surface area (Å²) in [7, 11) is 1.66. The average Bonchev–Trinajstić information content (AvgIpc) is 3.49. The summed E-state index contributed by atoms with van der Waals surface area (Å²) in [4.78, 5) is 55.8. The standard InChI is InChI=1S/C48H64O7/c1-28(2)18-31-14-15-32(19-31)33-20-34-21-36(53-9)16-17-38(34)44(22-33)54-37-23-39(43(50)27-48(30(5)49)26-42(48)29(3)4)40(24-37)46(52)41(47(6,7)8)25-45(51)55-35-12-10-11-13-35/h15-17,19-22,28-29,35,37,39-42H,10-14,18,23-27H2,1-9H3. The van der Waals surface area contributed by atoms with Crippen molar-refractivity contribution in [2.75, 3.05) is 7.11 Å². The first-order valence-corrected chi connectivity index (χ1v) is 20.9. The molecule has 4 aliphatic carbocycles. The van der Waals surface area contributed by atoms with Crippen molar-refractivity contribution < 1.29 is 33.4 Å². The second-order valence-corrected chi connectivity index (χ2v) is 19.1. The van der Waals surface area contributed by atoms with Crippen molar-refractivity contribution in [1.82, 2.24) is 0 Å². The van der Waals surface area contributed by atoms with Gasteiger partial charge in [0, 0.05) is 35.0 Å². The predicted molar refractivity (Wildman–Crippen MR) is 218 cm³/mol. The Morgan fingerprint density at radius 1 is 0.927 bits per heavy atom. The second kappa shape index (κ2) is 16.4. The number of carbonyl (C=O) groups is 4. The van der Waals surface area contributed by atoms with Crippen LogP contribution < -0.4 is 9.47 Å². The molecular formula is C48H64O7. The van der Waals surface area contributed by atoms with Gasteiger partial charge in [-0.15, -0.1) is 0 Å². The van der Waals surface area contributed by atoms with Gasteiger partial charge in [0.05, 0.1) is 13.5 Å². The second-order valence-electron chi connectivity index (χ2n) is 19.1. The lowest BCUT2D eigenvalue weighted by molar-refractivity contribution is -0.154. The van der Waals surface area contributed by atoms with Gasteiger partial charge < -0.3 is 14.2 Å². The molecule has 0 aliphatic heterocycles. The molecule has 55 heavy (non-hydrogen) atoms. The lowest BCUT2D eigenvalue weighted by Gasteiger charge is -2.32. The van der Waals surface area contributed by atoms with Crippen LogP contribution in [-0.4, -0.2) is 42.6 Å². The monoisotopic (exact) mass is 752 g/mol. The first-order chi connectivity index (χ1) is 26.0. The highest BCUT2D eigenvalue weighted by Gasteiger charge is 2.61. The highest BCUT2D eigenvalue weighted by Crippen LogP contribution is 2.60. The van der Waals surface area contributed by atoms with Gasteiger partial charge in [-0.3, -0.25) is 19.2 Å². The van der Waals surface area contributed by atoms with Gasteiger partial charge in [-0.1, -0.05) is 66.2 Å². The number of benzene rings is 2. The normalized spacial score (nSPS) is 25.9. The van der Waals surface area contributed by atoms with Crippen LogP contribution in [0, 0.1) is 46.3 Å². The summed E-state index contributed by atoms with van der Waals surface area (Å²) in [6.45, 7) is 16.3. The summed E-state index contributed by atoms with van der Waals surface area (Å²) in [5, 5.41) is 1.92. The minimum Gasteiger partial charge on any atom is -0.497 e. The SMILES string of the molecule is COc1ccc2c(OC3CC(C(=O)CC4(C(C)=O)CC4C(C)C)C(C(=O)C(CC(=O)OC4CCCC4)C(C)(C)C)C3)cc(C3=CCC(CC(C)C)=C3)cc2c1. The Hall–Kier alpha value is -3.74. The molecule has 0 spiro atoms. The maximum Gasteiger partial charge on any atom is 0.306 e. The van der Waals surface area contributed by atoms with E-state index in [0.717, 1.165) is 66.2 Å². The first kappa shape index (κ1) is 40.9. The molecule has 3 fully saturated rings. The Balaban J connectivity index is 1.32. The van der Waals surface area contributed by atoms with E-state index < -0.39 is 34.7 Å². The molecular weight excluding hydrogens is 689 g/mol. The van der Waals surface area contributed by atoms with Gasteiger partial charge in [-0.25, -0.2) is 0 Å². The Bertz CT molecular complexity index is 1850. The van der Waals surface area contributed by atoms with Crippen molar-refractivity contribution in [2.45, 2.75) is 138 Å². The van der Waals surface area contributed by atoms with Crippen LogP contribution in [0.15, 0.2) is 48.1 Å². The van der Waals surface area contributed by atoms with Crippen LogP contribution in [0.5, 0.6) is 11.5 Å². The van der Waals surface area contributed by atoms with Crippen molar-refractivity contribution >= 4 is 39.7 Å². The molecule has 0 radical (unpaired) electrons. The molecule has 2 aromatic rings. The lowest BCUT2D eigenvalue weighted by Crippen LogP contribution is -2.39. The van der Waals surface area contributed by atoms with E-state index in [1.165, 1.54) is 5.57 Å². The number of rotatable bonds is 16. The molecule has 298 valence electrons. The summed E-state index contributed by atoms with van der Waals surface area (Å²) in [5.74, 6) is 0.237. The van der Waals surface area contributed by atoms with E-state index in [-0.39, 0.29) is 54.1 Å². The number of ether oxygens (including phenoxy) is 3. The molecule has 6 atom stereocenters. The smallest absolute Gasteiger partial charge is 0.306 e. The largest absolute Gasteiger partial charge is 0.497 e. The van der Waals surface area contributed by atoms with Crippen LogP contribution in [0.3, 0.4) is 0 Å². The number of fused-ring (bicyclic) bond motifs is 1. The lowest BCUT2D eigenvalue weighted by atomic mass is 9.70. The molecule has 0 heterocycles. The van der Waals surface area contributed by atoms with Crippen molar-refractivity contribution in [3.63, 3.8) is 0 Å². The van der Waals surface area contributed by atoms with E-state index in [4.69, 9.17) is 14.2 Å². The molecule has 4 aliphatic rings. The van der Waals surface area contributed by atoms with Gasteiger partial charge >= 0.3 is 5.97 Å². The molecule has 0 bridgehead atoms. The van der Waals surface area contributed by atoms with Crippen LogP contribution >= 0.6 is 0 Å². The van der Waals surface area contributed by atoms with Crippen molar-refractivity contribution in [3.05, 3.63) is 53.6 Å². The van der Waals surface area contributed by atoms with Crippen LogP contribution in [0.1, 0.15) is 132 Å². The highest BCUT2D eigenvalue weighted by molar-refractivity contribution is 5.98. The number of carbonyl (C=O) groups excluding carboxylic acids is 4. The number of esters is 1. The molecule has 0 amide bonds. The number of hydrogen-bond acceptors (Lipinski definition) is 7. The van der Waals surface area contributed by atoms with Crippen LogP contribution in [0.25, 0.3) is 16.3 Å². The summed E-state index contributed by atoms with van der Waals surface area (Å²) in [6.07, 6.45) is 11.5. The van der Waals surface area contributed by atoms with E-state index in [1.54, 1.807) is 14.0 Å². The van der Waals surface area contributed by atoms with E-state index in [1.807, 2.05) is 39.0 Å². The Labute approximate surface area is 329 Å². The van der Waals surface area contributed by atoms with E-state index in [9.17, 15) is 19.2 Å². The maximum absolute atomic E-state index is 14.9. The fourth-order valence-electron chi connectivity index (χ4n) is 9.97. The first-order valence-electron chi connectivity index (χ1n) is 20.9. The summed E-state index contributed by atoms with van der Waals surface area (Å²) in [6, 6.07) is 10.2. The average molecular weight is 753 g/mol. The molecule has 7 heteroatoms. The van der Waals surface area contributed by atoms with Crippen molar-refractivity contribution in [2.24, 2.45) is 46.3 Å². The van der Waals surface area contributed by atoms with Gasteiger partial charge in [-0.2, -0.15) is 0 Å².